The van der Waals surface area contributed by atoms with E-state index in [2.05, 4.69) is 5.32 Å². The molecule has 132 valence electrons. The number of benzene rings is 1. The van der Waals surface area contributed by atoms with E-state index in [4.69, 9.17) is 4.74 Å². The summed E-state index contributed by atoms with van der Waals surface area (Å²) in [5.41, 5.74) is -0.447. The van der Waals surface area contributed by atoms with E-state index in [1.54, 1.807) is 6.92 Å². The standard InChI is InChI=1S/C16H19F2NO5/c1-3-24-14(21)7-9(2)15(16(22)23)19-13(20)8-10-11(17)5-4-6-12(10)18/h4-6,9,15H,3,7-8H2,1-2H3,(H,19,20)(H,22,23)/t9-,15+/m1/s1. The number of amides is 1. The van der Waals surface area contributed by atoms with E-state index in [0.717, 1.165) is 18.2 Å². The Morgan fingerprint density at radius 2 is 1.83 bits per heavy atom. The first-order valence-corrected chi connectivity index (χ1v) is 7.36. The van der Waals surface area contributed by atoms with Crippen molar-refractivity contribution < 1.29 is 33.0 Å². The molecular weight excluding hydrogens is 324 g/mol. The maximum absolute atomic E-state index is 13.5. The molecule has 1 rings (SSSR count). The molecule has 0 heterocycles. The fourth-order valence-electron chi connectivity index (χ4n) is 2.13. The second-order valence-corrected chi connectivity index (χ2v) is 5.25. The van der Waals surface area contributed by atoms with Crippen molar-refractivity contribution in [2.75, 3.05) is 6.61 Å². The number of halogens is 2. The lowest BCUT2D eigenvalue weighted by atomic mass is 9.98. The van der Waals surface area contributed by atoms with Crippen molar-refractivity contribution in [1.29, 1.82) is 0 Å². The quantitative estimate of drug-likeness (QED) is 0.701. The minimum Gasteiger partial charge on any atom is -0.480 e. The number of carbonyl (C=O) groups excluding carboxylic acids is 2. The number of rotatable bonds is 8. The first kappa shape index (κ1) is 19.5. The molecule has 0 spiro atoms. The van der Waals surface area contributed by atoms with Gasteiger partial charge in [-0.3, -0.25) is 9.59 Å². The highest BCUT2D eigenvalue weighted by molar-refractivity contribution is 5.85. The molecule has 0 saturated carbocycles. The van der Waals surface area contributed by atoms with E-state index in [1.807, 2.05) is 0 Å². The number of carboxylic acids is 1. The Morgan fingerprint density at radius 3 is 2.33 bits per heavy atom. The fourth-order valence-corrected chi connectivity index (χ4v) is 2.13. The Hall–Kier alpha value is -2.51. The smallest absolute Gasteiger partial charge is 0.326 e. The third-order valence-electron chi connectivity index (χ3n) is 3.34. The SMILES string of the molecule is CCOC(=O)C[C@@H](C)[C@H](NC(=O)Cc1c(F)cccc1F)C(=O)O. The predicted molar refractivity (Wildman–Crippen MR) is 80.0 cm³/mol. The zero-order chi connectivity index (χ0) is 18.3. The van der Waals surface area contributed by atoms with Crippen LogP contribution in [0.3, 0.4) is 0 Å². The Kier molecular flexibility index (Phi) is 7.29. The molecule has 1 aromatic carbocycles. The normalized spacial score (nSPS) is 13.0. The van der Waals surface area contributed by atoms with Crippen molar-refractivity contribution in [3.05, 3.63) is 35.4 Å². The summed E-state index contributed by atoms with van der Waals surface area (Å²) in [4.78, 5) is 34.6. The largest absolute Gasteiger partial charge is 0.480 e. The highest BCUT2D eigenvalue weighted by Crippen LogP contribution is 2.14. The van der Waals surface area contributed by atoms with E-state index >= 15 is 0 Å². The molecule has 1 amide bonds. The Balaban J connectivity index is 2.76. The first-order valence-electron chi connectivity index (χ1n) is 7.36. The Morgan fingerprint density at radius 1 is 1.25 bits per heavy atom. The maximum atomic E-state index is 13.5. The molecule has 0 aromatic heterocycles. The molecule has 0 aliphatic rings. The highest BCUT2D eigenvalue weighted by Gasteiger charge is 2.29. The van der Waals surface area contributed by atoms with Gasteiger partial charge in [0, 0.05) is 5.56 Å². The molecular formula is C16H19F2NO5. The minimum atomic E-state index is -1.38. The average molecular weight is 343 g/mol. The van der Waals surface area contributed by atoms with Crippen LogP contribution in [0.5, 0.6) is 0 Å². The topological polar surface area (TPSA) is 92.7 Å². The van der Waals surface area contributed by atoms with Crippen LogP contribution in [0, 0.1) is 17.6 Å². The van der Waals surface area contributed by atoms with Crippen molar-refractivity contribution in [1.82, 2.24) is 5.32 Å². The fraction of sp³-hybridized carbons (Fsp3) is 0.438. The number of aliphatic carboxylic acids is 1. The van der Waals surface area contributed by atoms with Gasteiger partial charge in [0.15, 0.2) is 0 Å². The van der Waals surface area contributed by atoms with Crippen LogP contribution in [0.25, 0.3) is 0 Å². The lowest BCUT2D eigenvalue weighted by Crippen LogP contribution is -2.46. The van der Waals surface area contributed by atoms with Crippen LogP contribution in [-0.2, 0) is 25.5 Å². The second kappa shape index (κ2) is 8.95. The molecule has 6 nitrogen and oxygen atoms in total. The molecule has 0 aliphatic heterocycles. The minimum absolute atomic E-state index is 0.155. The number of carboxylic acid groups (broad SMARTS) is 1. The number of carbonyl (C=O) groups is 3. The summed E-state index contributed by atoms with van der Waals surface area (Å²) in [5, 5.41) is 11.4. The van der Waals surface area contributed by atoms with Crippen molar-refractivity contribution >= 4 is 17.8 Å². The molecule has 0 unspecified atom stereocenters. The highest BCUT2D eigenvalue weighted by atomic mass is 19.1. The zero-order valence-corrected chi connectivity index (χ0v) is 13.3. The van der Waals surface area contributed by atoms with Crippen LogP contribution >= 0.6 is 0 Å². The number of hydrogen-bond acceptors (Lipinski definition) is 4. The predicted octanol–water partition coefficient (Wildman–Crippen LogP) is 1.67. The van der Waals surface area contributed by atoms with Crippen LogP contribution < -0.4 is 5.32 Å². The van der Waals surface area contributed by atoms with Crippen molar-refractivity contribution in [2.24, 2.45) is 5.92 Å². The van der Waals surface area contributed by atoms with Crippen molar-refractivity contribution in [2.45, 2.75) is 32.7 Å². The molecule has 24 heavy (non-hydrogen) atoms. The van der Waals surface area contributed by atoms with Gasteiger partial charge in [-0.25, -0.2) is 13.6 Å². The van der Waals surface area contributed by atoms with Gasteiger partial charge in [-0.1, -0.05) is 13.0 Å². The van der Waals surface area contributed by atoms with Crippen LogP contribution in [0.1, 0.15) is 25.8 Å². The van der Waals surface area contributed by atoms with E-state index in [-0.39, 0.29) is 13.0 Å². The number of nitrogens with one attached hydrogen (secondary N) is 1. The summed E-state index contributed by atoms with van der Waals surface area (Å²) >= 11 is 0. The van der Waals surface area contributed by atoms with Crippen LogP contribution in [-0.4, -0.2) is 35.6 Å². The molecule has 0 fully saturated rings. The summed E-state index contributed by atoms with van der Waals surface area (Å²) in [7, 11) is 0. The number of hydrogen-bond donors (Lipinski definition) is 2. The average Bonchev–Trinajstić information content (AvgIpc) is 2.48. The van der Waals surface area contributed by atoms with E-state index in [1.165, 1.54) is 6.92 Å². The second-order valence-electron chi connectivity index (χ2n) is 5.25. The molecule has 0 aliphatic carbocycles. The van der Waals surface area contributed by atoms with Gasteiger partial charge in [-0.15, -0.1) is 0 Å². The molecule has 0 bridgehead atoms. The molecule has 8 heteroatoms. The lowest BCUT2D eigenvalue weighted by Gasteiger charge is -2.21. The van der Waals surface area contributed by atoms with Crippen LogP contribution in [0.4, 0.5) is 8.78 Å². The maximum Gasteiger partial charge on any atom is 0.326 e. The molecule has 0 saturated heterocycles. The molecule has 2 N–H and O–H groups in total. The van der Waals surface area contributed by atoms with E-state index in [0.29, 0.717) is 0 Å². The van der Waals surface area contributed by atoms with Crippen molar-refractivity contribution in [3.63, 3.8) is 0 Å². The van der Waals surface area contributed by atoms with Gasteiger partial charge < -0.3 is 15.2 Å². The van der Waals surface area contributed by atoms with Gasteiger partial charge in [0.1, 0.15) is 17.7 Å². The van der Waals surface area contributed by atoms with Gasteiger partial charge in [0.25, 0.3) is 0 Å². The van der Waals surface area contributed by atoms with Crippen molar-refractivity contribution in [3.8, 4) is 0 Å². The van der Waals surface area contributed by atoms with Crippen LogP contribution in [0.2, 0.25) is 0 Å². The van der Waals surface area contributed by atoms with Gasteiger partial charge in [0.05, 0.1) is 19.4 Å². The van der Waals surface area contributed by atoms with Crippen LogP contribution in [0.15, 0.2) is 18.2 Å². The Labute approximate surface area is 137 Å². The molecule has 1 aromatic rings. The summed E-state index contributed by atoms with van der Waals surface area (Å²) in [5.74, 6) is -5.34. The van der Waals surface area contributed by atoms with Gasteiger partial charge >= 0.3 is 11.9 Å². The lowest BCUT2D eigenvalue weighted by molar-refractivity contribution is -0.147. The zero-order valence-electron chi connectivity index (χ0n) is 13.3. The van der Waals surface area contributed by atoms with Gasteiger partial charge in [-0.2, -0.15) is 0 Å². The summed E-state index contributed by atoms with van der Waals surface area (Å²) in [6.45, 7) is 3.23. The van der Waals surface area contributed by atoms with E-state index < -0.39 is 53.4 Å². The Bertz CT molecular complexity index is 600. The summed E-state index contributed by atoms with van der Waals surface area (Å²) in [6, 6.07) is 1.79. The summed E-state index contributed by atoms with van der Waals surface area (Å²) < 4.78 is 31.8. The van der Waals surface area contributed by atoms with Gasteiger partial charge in [0.2, 0.25) is 5.91 Å². The first-order chi connectivity index (χ1) is 11.3. The number of esters is 1. The third kappa shape index (κ3) is 5.60. The van der Waals surface area contributed by atoms with Gasteiger partial charge in [-0.05, 0) is 25.0 Å². The monoisotopic (exact) mass is 343 g/mol. The van der Waals surface area contributed by atoms with E-state index in [9.17, 15) is 28.3 Å². The molecule has 2 atom stereocenters. The number of ether oxygens (including phenoxy) is 1. The summed E-state index contributed by atoms with van der Waals surface area (Å²) in [6.07, 6.45) is -0.854. The molecule has 0 radical (unpaired) electrons. The third-order valence-corrected chi connectivity index (χ3v) is 3.34.